The van der Waals surface area contributed by atoms with Crippen molar-refractivity contribution in [1.82, 2.24) is 15.6 Å². The summed E-state index contributed by atoms with van der Waals surface area (Å²) in [5.41, 5.74) is 2.47. The number of nitrogens with zero attached hydrogens (tertiary/aromatic N) is 1. The van der Waals surface area contributed by atoms with Gasteiger partial charge in [0.1, 0.15) is 0 Å². The zero-order valence-electron chi connectivity index (χ0n) is 12.2. The number of hydrogen-bond donors (Lipinski definition) is 4. The lowest BCUT2D eigenvalue weighted by Crippen LogP contribution is -2.38. The quantitative estimate of drug-likeness (QED) is 0.339. The Kier molecular flexibility index (Phi) is 8.14. The number of aliphatic imine (C=N–C) groups is 1. The van der Waals surface area contributed by atoms with Gasteiger partial charge in [0.15, 0.2) is 5.96 Å². The van der Waals surface area contributed by atoms with E-state index in [-0.39, 0.29) is 30.6 Å². The summed E-state index contributed by atoms with van der Waals surface area (Å²) in [5.74, 6) is 0.751. The zero-order valence-corrected chi connectivity index (χ0v) is 14.6. The molecule has 0 bridgehead atoms. The average Bonchev–Trinajstić information content (AvgIpc) is 2.88. The Morgan fingerprint density at radius 3 is 2.86 bits per heavy atom. The summed E-state index contributed by atoms with van der Waals surface area (Å²) in [4.78, 5) is 7.53. The van der Waals surface area contributed by atoms with Crippen LogP contribution in [-0.2, 0) is 6.42 Å². The number of aromatic amines is 1. The molecule has 0 aliphatic heterocycles. The number of H-pyrrole nitrogens is 1. The highest BCUT2D eigenvalue weighted by atomic mass is 127. The fraction of sp³-hybridized carbons (Fsp3) is 0.400. The lowest BCUT2D eigenvalue weighted by molar-refractivity contribution is 0.306. The van der Waals surface area contributed by atoms with Gasteiger partial charge in [-0.05, 0) is 25.0 Å². The van der Waals surface area contributed by atoms with Crippen molar-refractivity contribution in [1.29, 1.82) is 0 Å². The molecule has 0 amide bonds. The fourth-order valence-electron chi connectivity index (χ4n) is 2.16. The minimum Gasteiger partial charge on any atom is -0.394 e. The van der Waals surface area contributed by atoms with E-state index in [0.717, 1.165) is 25.5 Å². The van der Waals surface area contributed by atoms with E-state index in [0.29, 0.717) is 6.54 Å². The predicted molar refractivity (Wildman–Crippen MR) is 98.5 cm³/mol. The van der Waals surface area contributed by atoms with Crippen molar-refractivity contribution in [3.63, 3.8) is 0 Å². The Balaban J connectivity index is 0.00000220. The summed E-state index contributed by atoms with van der Waals surface area (Å²) in [6.45, 7) is 4.13. The normalized spacial score (nSPS) is 11.2. The van der Waals surface area contributed by atoms with Crippen LogP contribution in [0.2, 0.25) is 0 Å². The predicted octanol–water partition coefficient (Wildman–Crippen LogP) is 1.88. The Bertz CT molecular complexity index is 568. The molecular formula is C15H23IN4O. The molecule has 0 aliphatic rings. The third-order valence-electron chi connectivity index (χ3n) is 3.08. The molecule has 5 nitrogen and oxygen atoms in total. The van der Waals surface area contributed by atoms with Crippen LogP contribution in [-0.4, -0.2) is 42.3 Å². The molecule has 116 valence electrons. The van der Waals surface area contributed by atoms with Gasteiger partial charge in [-0.25, -0.2) is 0 Å². The first kappa shape index (κ1) is 17.8. The number of nitrogens with one attached hydrogen (secondary N) is 3. The number of aliphatic hydroxyl groups excluding tert-OH is 1. The van der Waals surface area contributed by atoms with Gasteiger partial charge in [-0.3, -0.25) is 4.99 Å². The second-order valence-corrected chi connectivity index (χ2v) is 4.52. The molecule has 4 N–H and O–H groups in total. The zero-order chi connectivity index (χ0) is 14.2. The molecule has 1 aromatic heterocycles. The van der Waals surface area contributed by atoms with Gasteiger partial charge in [-0.2, -0.15) is 0 Å². The Morgan fingerprint density at radius 1 is 1.29 bits per heavy atom. The number of aliphatic hydroxyl groups is 1. The van der Waals surface area contributed by atoms with E-state index in [1.165, 1.54) is 16.5 Å². The molecule has 1 aromatic carbocycles. The maximum atomic E-state index is 8.81. The Morgan fingerprint density at radius 2 is 2.10 bits per heavy atom. The number of aromatic nitrogens is 1. The summed E-state index contributed by atoms with van der Waals surface area (Å²) in [6.07, 6.45) is 2.98. The molecule has 21 heavy (non-hydrogen) atoms. The van der Waals surface area contributed by atoms with Crippen molar-refractivity contribution in [2.24, 2.45) is 4.99 Å². The Labute approximate surface area is 142 Å². The van der Waals surface area contributed by atoms with Crippen LogP contribution in [0, 0.1) is 0 Å². The molecule has 1 heterocycles. The van der Waals surface area contributed by atoms with E-state index in [1.807, 2.05) is 13.0 Å². The SMILES string of the molecule is CCNC(=NCCO)NCCc1c[nH]c2ccccc12.I. The van der Waals surface area contributed by atoms with E-state index >= 15 is 0 Å². The average molecular weight is 402 g/mol. The van der Waals surface area contributed by atoms with Crippen molar-refractivity contribution < 1.29 is 5.11 Å². The maximum absolute atomic E-state index is 8.81. The molecular weight excluding hydrogens is 379 g/mol. The molecule has 2 rings (SSSR count). The van der Waals surface area contributed by atoms with Crippen molar-refractivity contribution in [3.8, 4) is 0 Å². The third-order valence-corrected chi connectivity index (χ3v) is 3.08. The first-order valence-corrected chi connectivity index (χ1v) is 7.03. The summed E-state index contributed by atoms with van der Waals surface area (Å²) in [6, 6.07) is 8.30. The Hall–Kier alpha value is -1.28. The molecule has 6 heteroatoms. The smallest absolute Gasteiger partial charge is 0.191 e. The van der Waals surface area contributed by atoms with Gasteiger partial charge in [0, 0.05) is 30.2 Å². The standard InChI is InChI=1S/C15H22N4O.HI/c1-2-16-15(18-9-10-20)17-8-7-12-11-19-14-6-4-3-5-13(12)14;/h3-6,11,19-20H,2,7-10H2,1H3,(H2,16,17,18);1H. The molecule has 0 spiro atoms. The van der Waals surface area contributed by atoms with Crippen LogP contribution in [0.4, 0.5) is 0 Å². The summed E-state index contributed by atoms with van der Waals surface area (Å²) < 4.78 is 0. The number of hydrogen-bond acceptors (Lipinski definition) is 2. The lowest BCUT2D eigenvalue weighted by Gasteiger charge is -2.10. The second kappa shape index (κ2) is 9.62. The lowest BCUT2D eigenvalue weighted by atomic mass is 10.1. The minimum atomic E-state index is 0. The molecule has 0 radical (unpaired) electrons. The highest BCUT2D eigenvalue weighted by Crippen LogP contribution is 2.17. The minimum absolute atomic E-state index is 0. The van der Waals surface area contributed by atoms with Crippen LogP contribution >= 0.6 is 24.0 Å². The van der Waals surface area contributed by atoms with Crippen LogP contribution in [0.15, 0.2) is 35.5 Å². The molecule has 0 unspecified atom stereocenters. The monoisotopic (exact) mass is 402 g/mol. The third kappa shape index (κ3) is 5.20. The maximum Gasteiger partial charge on any atom is 0.191 e. The largest absolute Gasteiger partial charge is 0.394 e. The van der Waals surface area contributed by atoms with Crippen LogP contribution in [0.3, 0.4) is 0 Å². The number of fused-ring (bicyclic) bond motifs is 1. The first-order valence-electron chi connectivity index (χ1n) is 7.03. The number of benzene rings is 1. The number of para-hydroxylation sites is 1. The summed E-state index contributed by atoms with van der Waals surface area (Å²) >= 11 is 0. The van der Waals surface area contributed by atoms with E-state index in [9.17, 15) is 0 Å². The fourth-order valence-corrected chi connectivity index (χ4v) is 2.16. The van der Waals surface area contributed by atoms with Gasteiger partial charge in [-0.1, -0.05) is 18.2 Å². The van der Waals surface area contributed by atoms with Crippen molar-refractivity contribution in [3.05, 3.63) is 36.0 Å². The van der Waals surface area contributed by atoms with Gasteiger partial charge < -0.3 is 20.7 Å². The van der Waals surface area contributed by atoms with Crippen LogP contribution in [0.25, 0.3) is 10.9 Å². The van der Waals surface area contributed by atoms with E-state index < -0.39 is 0 Å². The second-order valence-electron chi connectivity index (χ2n) is 4.52. The molecule has 0 atom stereocenters. The van der Waals surface area contributed by atoms with Gasteiger partial charge in [0.05, 0.1) is 13.2 Å². The van der Waals surface area contributed by atoms with Crippen LogP contribution in [0.1, 0.15) is 12.5 Å². The summed E-state index contributed by atoms with van der Waals surface area (Å²) in [5, 5.41) is 16.5. The van der Waals surface area contributed by atoms with Gasteiger partial charge in [-0.15, -0.1) is 24.0 Å². The molecule has 0 fully saturated rings. The molecule has 0 aliphatic carbocycles. The van der Waals surface area contributed by atoms with E-state index in [4.69, 9.17) is 5.11 Å². The van der Waals surface area contributed by atoms with E-state index in [1.54, 1.807) is 0 Å². The topological polar surface area (TPSA) is 72.4 Å². The number of guanidine groups is 1. The number of halogens is 1. The van der Waals surface area contributed by atoms with Gasteiger partial charge in [0.25, 0.3) is 0 Å². The summed E-state index contributed by atoms with van der Waals surface area (Å²) in [7, 11) is 0. The van der Waals surface area contributed by atoms with Crippen molar-refractivity contribution in [2.75, 3.05) is 26.2 Å². The molecule has 2 aromatic rings. The van der Waals surface area contributed by atoms with Crippen molar-refractivity contribution in [2.45, 2.75) is 13.3 Å². The van der Waals surface area contributed by atoms with E-state index in [2.05, 4.69) is 45.0 Å². The van der Waals surface area contributed by atoms with Crippen molar-refractivity contribution >= 4 is 40.8 Å². The highest BCUT2D eigenvalue weighted by Gasteiger charge is 2.03. The van der Waals surface area contributed by atoms with Gasteiger partial charge in [0.2, 0.25) is 0 Å². The van der Waals surface area contributed by atoms with Crippen LogP contribution < -0.4 is 10.6 Å². The molecule has 0 saturated carbocycles. The highest BCUT2D eigenvalue weighted by molar-refractivity contribution is 14.0. The molecule has 0 saturated heterocycles. The first-order chi connectivity index (χ1) is 9.85. The van der Waals surface area contributed by atoms with Crippen LogP contribution in [0.5, 0.6) is 0 Å². The van der Waals surface area contributed by atoms with Gasteiger partial charge >= 0.3 is 0 Å². The number of rotatable bonds is 6.